The summed E-state index contributed by atoms with van der Waals surface area (Å²) in [6.07, 6.45) is 0.696. The van der Waals surface area contributed by atoms with Gasteiger partial charge in [0.15, 0.2) is 5.78 Å². The molecule has 106 valence electrons. The number of rotatable bonds is 4. The smallest absolute Gasteiger partial charge is 0.313 e. The third kappa shape index (κ3) is 2.88. The van der Waals surface area contributed by atoms with Crippen molar-refractivity contribution in [2.24, 2.45) is 0 Å². The van der Waals surface area contributed by atoms with E-state index in [1.165, 1.54) is 6.07 Å². The van der Waals surface area contributed by atoms with Crippen LogP contribution in [0, 0.1) is 0 Å². The Morgan fingerprint density at radius 3 is 2.70 bits per heavy atom. The Labute approximate surface area is 116 Å². The normalized spacial score (nSPS) is 17.4. The van der Waals surface area contributed by atoms with Crippen molar-refractivity contribution in [3.8, 4) is 0 Å². The van der Waals surface area contributed by atoms with E-state index in [9.17, 15) is 18.0 Å². The van der Waals surface area contributed by atoms with Gasteiger partial charge in [0.25, 0.3) is 10.0 Å². The number of benzene rings is 1. The SMILES string of the molecule is CCOC(=O)CC(=O)/C=C1\NS(=O)(=O)c2ccccc21. The van der Waals surface area contributed by atoms with E-state index < -0.39 is 28.2 Å². The monoisotopic (exact) mass is 295 g/mol. The molecule has 0 bridgehead atoms. The Balaban J connectivity index is 2.25. The van der Waals surface area contributed by atoms with E-state index in [4.69, 9.17) is 0 Å². The van der Waals surface area contributed by atoms with Crippen molar-refractivity contribution >= 4 is 27.5 Å². The van der Waals surface area contributed by atoms with Crippen molar-refractivity contribution in [1.29, 1.82) is 0 Å². The molecule has 1 aromatic carbocycles. The molecule has 1 aromatic rings. The lowest BCUT2D eigenvalue weighted by Crippen LogP contribution is -2.15. The minimum absolute atomic E-state index is 0.121. The quantitative estimate of drug-likeness (QED) is 0.505. The van der Waals surface area contributed by atoms with Crippen molar-refractivity contribution < 1.29 is 22.7 Å². The van der Waals surface area contributed by atoms with Gasteiger partial charge in [0, 0.05) is 11.6 Å². The molecule has 0 unspecified atom stereocenters. The standard InChI is InChI=1S/C13H13NO5S/c1-2-19-13(16)8-9(15)7-11-10-5-3-4-6-12(10)20(17,18)14-11/h3-7,14H,2,8H2,1H3/b11-7-. The first-order chi connectivity index (χ1) is 9.44. The molecule has 0 atom stereocenters. The lowest BCUT2D eigenvalue weighted by atomic mass is 10.1. The second-order valence-corrected chi connectivity index (χ2v) is 5.76. The van der Waals surface area contributed by atoms with Gasteiger partial charge in [0.2, 0.25) is 0 Å². The van der Waals surface area contributed by atoms with Crippen LogP contribution in [-0.4, -0.2) is 26.8 Å². The third-order valence-electron chi connectivity index (χ3n) is 2.64. The minimum Gasteiger partial charge on any atom is -0.466 e. The zero-order chi connectivity index (χ0) is 14.8. The van der Waals surface area contributed by atoms with Crippen LogP contribution in [0.1, 0.15) is 18.9 Å². The number of esters is 1. The van der Waals surface area contributed by atoms with Crippen molar-refractivity contribution in [3.05, 3.63) is 35.9 Å². The van der Waals surface area contributed by atoms with E-state index in [0.29, 0.717) is 5.56 Å². The Kier molecular flexibility index (Phi) is 3.89. The van der Waals surface area contributed by atoms with Gasteiger partial charge in [-0.05, 0) is 13.0 Å². The van der Waals surface area contributed by atoms with E-state index in [1.54, 1.807) is 25.1 Å². The molecule has 20 heavy (non-hydrogen) atoms. The molecular formula is C13H13NO5S. The maximum Gasteiger partial charge on any atom is 0.313 e. The van der Waals surface area contributed by atoms with E-state index in [0.717, 1.165) is 6.08 Å². The summed E-state index contributed by atoms with van der Waals surface area (Å²) in [5.74, 6) is -1.15. The number of ketones is 1. The molecule has 0 saturated carbocycles. The lowest BCUT2D eigenvalue weighted by molar-refractivity contribution is -0.144. The number of sulfonamides is 1. The molecule has 1 aliphatic rings. The fourth-order valence-electron chi connectivity index (χ4n) is 1.85. The molecule has 1 N–H and O–H groups in total. The minimum atomic E-state index is -3.63. The Bertz CT molecular complexity index is 690. The molecule has 0 fully saturated rings. The first kappa shape index (κ1) is 14.3. The van der Waals surface area contributed by atoms with Crippen LogP contribution in [0.5, 0.6) is 0 Å². The van der Waals surface area contributed by atoms with Crippen molar-refractivity contribution in [2.45, 2.75) is 18.2 Å². The van der Waals surface area contributed by atoms with Crippen LogP contribution in [0.3, 0.4) is 0 Å². The number of hydrogen-bond acceptors (Lipinski definition) is 5. The van der Waals surface area contributed by atoms with E-state index >= 15 is 0 Å². The maximum atomic E-state index is 11.8. The number of nitrogens with one attached hydrogen (secondary N) is 1. The lowest BCUT2D eigenvalue weighted by Gasteiger charge is -2.00. The molecule has 6 nitrogen and oxygen atoms in total. The van der Waals surface area contributed by atoms with Gasteiger partial charge in [0.1, 0.15) is 6.42 Å². The second kappa shape index (κ2) is 5.46. The van der Waals surface area contributed by atoms with E-state index in [2.05, 4.69) is 9.46 Å². The fraction of sp³-hybridized carbons (Fsp3) is 0.231. The molecule has 2 rings (SSSR count). The van der Waals surface area contributed by atoms with Crippen LogP contribution in [0.2, 0.25) is 0 Å². The van der Waals surface area contributed by atoms with Gasteiger partial charge in [-0.2, -0.15) is 0 Å². The summed E-state index contributed by atoms with van der Waals surface area (Å²) in [5.41, 5.74) is 0.597. The highest BCUT2D eigenvalue weighted by Crippen LogP contribution is 2.29. The number of carbonyl (C=O) groups is 2. The van der Waals surface area contributed by atoms with Crippen LogP contribution in [0.15, 0.2) is 35.2 Å². The van der Waals surface area contributed by atoms with E-state index in [-0.39, 0.29) is 17.2 Å². The van der Waals surface area contributed by atoms with Crippen LogP contribution < -0.4 is 4.72 Å². The van der Waals surface area contributed by atoms with Gasteiger partial charge in [-0.25, -0.2) is 8.42 Å². The van der Waals surface area contributed by atoms with Crippen LogP contribution >= 0.6 is 0 Å². The van der Waals surface area contributed by atoms with Gasteiger partial charge in [-0.1, -0.05) is 18.2 Å². The molecule has 0 amide bonds. The third-order valence-corrected chi connectivity index (χ3v) is 4.06. The summed E-state index contributed by atoms with van der Waals surface area (Å²) in [7, 11) is -3.63. The Morgan fingerprint density at radius 1 is 1.30 bits per heavy atom. The average Bonchev–Trinajstić information content (AvgIpc) is 2.62. The number of ether oxygens (including phenoxy) is 1. The first-order valence-corrected chi connectivity index (χ1v) is 7.44. The van der Waals surface area contributed by atoms with Gasteiger partial charge >= 0.3 is 5.97 Å². The molecule has 0 spiro atoms. The highest BCUT2D eigenvalue weighted by atomic mass is 32.2. The first-order valence-electron chi connectivity index (χ1n) is 5.96. The average molecular weight is 295 g/mol. The molecule has 1 heterocycles. The molecule has 0 aromatic heterocycles. The van der Waals surface area contributed by atoms with Gasteiger partial charge in [-0.15, -0.1) is 0 Å². The summed E-state index contributed by atoms with van der Waals surface area (Å²) in [6.45, 7) is 1.83. The van der Waals surface area contributed by atoms with Gasteiger partial charge < -0.3 is 4.74 Å². The molecule has 0 aliphatic carbocycles. The summed E-state index contributed by atoms with van der Waals surface area (Å²) < 4.78 is 30.6. The zero-order valence-electron chi connectivity index (χ0n) is 10.8. The molecule has 7 heteroatoms. The largest absolute Gasteiger partial charge is 0.466 e. The summed E-state index contributed by atoms with van der Waals surface area (Å²) in [5, 5.41) is 0. The predicted octanol–water partition coefficient (Wildman–Crippen LogP) is 0.842. The van der Waals surface area contributed by atoms with Gasteiger partial charge in [0.05, 0.1) is 17.2 Å². The number of hydrogen-bond donors (Lipinski definition) is 1. The van der Waals surface area contributed by atoms with E-state index in [1.807, 2.05) is 0 Å². The van der Waals surface area contributed by atoms with Crippen molar-refractivity contribution in [2.75, 3.05) is 6.61 Å². The number of fused-ring (bicyclic) bond motifs is 1. The Hall–Kier alpha value is -2.15. The number of carbonyl (C=O) groups excluding carboxylic acids is 2. The summed E-state index contributed by atoms with van der Waals surface area (Å²) in [4.78, 5) is 23.0. The Morgan fingerprint density at radius 2 is 2.00 bits per heavy atom. The molecule has 0 saturated heterocycles. The molecule has 1 aliphatic heterocycles. The van der Waals surface area contributed by atoms with Gasteiger partial charge in [-0.3, -0.25) is 14.3 Å². The second-order valence-electron chi connectivity index (χ2n) is 4.11. The van der Waals surface area contributed by atoms with Crippen molar-refractivity contribution in [3.63, 3.8) is 0 Å². The fourth-order valence-corrected chi connectivity index (χ4v) is 3.15. The highest BCUT2D eigenvalue weighted by Gasteiger charge is 2.29. The van der Waals surface area contributed by atoms with Crippen molar-refractivity contribution in [1.82, 2.24) is 4.72 Å². The zero-order valence-corrected chi connectivity index (χ0v) is 11.6. The van der Waals surface area contributed by atoms with Crippen LogP contribution in [0.4, 0.5) is 0 Å². The molecular weight excluding hydrogens is 282 g/mol. The summed E-state index contributed by atoms with van der Waals surface area (Å²) in [6, 6.07) is 6.32. The summed E-state index contributed by atoms with van der Waals surface area (Å²) >= 11 is 0. The number of allylic oxidation sites excluding steroid dienone is 1. The maximum absolute atomic E-state index is 11.8. The predicted molar refractivity (Wildman–Crippen MR) is 71.0 cm³/mol. The molecule has 0 radical (unpaired) electrons. The highest BCUT2D eigenvalue weighted by molar-refractivity contribution is 7.90. The topological polar surface area (TPSA) is 89.5 Å². The van der Waals surface area contributed by atoms with Crippen LogP contribution in [0.25, 0.3) is 5.70 Å². The van der Waals surface area contributed by atoms with Crippen LogP contribution in [-0.2, 0) is 24.3 Å².